The molecule has 1 amide bonds. The second kappa shape index (κ2) is 12.7. The Labute approximate surface area is 268 Å². The zero-order valence-corrected chi connectivity index (χ0v) is 27.4. The fourth-order valence-electron chi connectivity index (χ4n) is 5.36. The average molecular weight is 647 g/mol. The molecule has 0 fully saturated rings. The molecule has 1 aliphatic rings. The summed E-state index contributed by atoms with van der Waals surface area (Å²) in [5.41, 5.74) is 1.17. The van der Waals surface area contributed by atoms with Crippen molar-refractivity contribution in [2.75, 3.05) is 34.6 Å². The van der Waals surface area contributed by atoms with E-state index >= 15 is 0 Å². The molecule has 234 valence electrons. The molecule has 6 rings (SSSR count). The SMILES string of the molecule is COc1cc2c(=O)n(CCN(C)C(=O)CCC(C)(C)SSc3ccccn3)c3c4cc5c(cc4ncc3c2cc1OC)OCO5. The van der Waals surface area contributed by atoms with E-state index in [0.29, 0.717) is 64.2 Å². The number of rotatable bonds is 11. The van der Waals surface area contributed by atoms with Gasteiger partial charge in [-0.1, -0.05) is 16.9 Å². The molecule has 0 radical (unpaired) electrons. The van der Waals surface area contributed by atoms with Gasteiger partial charge in [-0.3, -0.25) is 14.6 Å². The second-order valence-electron chi connectivity index (χ2n) is 11.4. The molecule has 0 N–H and O–H groups in total. The number of pyridine rings is 3. The maximum Gasteiger partial charge on any atom is 0.259 e. The van der Waals surface area contributed by atoms with Crippen molar-refractivity contribution in [3.63, 3.8) is 0 Å². The Hall–Kier alpha value is -4.16. The summed E-state index contributed by atoms with van der Waals surface area (Å²) in [7, 11) is 8.21. The van der Waals surface area contributed by atoms with Crippen LogP contribution in [0.5, 0.6) is 23.0 Å². The van der Waals surface area contributed by atoms with Gasteiger partial charge in [-0.05, 0) is 61.4 Å². The molecular weight excluding hydrogens is 613 g/mol. The zero-order chi connectivity index (χ0) is 31.7. The average Bonchev–Trinajstić information content (AvgIpc) is 3.52. The quantitative estimate of drug-likeness (QED) is 0.120. The number of benzene rings is 2. The van der Waals surface area contributed by atoms with Crippen LogP contribution in [0.3, 0.4) is 0 Å². The minimum absolute atomic E-state index is 0.0194. The number of carbonyl (C=O) groups excluding carboxylic acids is 1. The monoisotopic (exact) mass is 646 g/mol. The summed E-state index contributed by atoms with van der Waals surface area (Å²) in [6.45, 7) is 5.02. The number of aromatic nitrogens is 3. The fraction of sp³-hybridized carbons (Fsp3) is 0.333. The number of ether oxygens (including phenoxy) is 4. The van der Waals surface area contributed by atoms with Crippen molar-refractivity contribution < 1.29 is 23.7 Å². The Morgan fingerprint density at radius 3 is 2.44 bits per heavy atom. The highest BCUT2D eigenvalue weighted by atomic mass is 33.1. The molecule has 0 spiro atoms. The number of nitrogens with zero attached hydrogens (tertiary/aromatic N) is 4. The van der Waals surface area contributed by atoms with Gasteiger partial charge in [0.05, 0.1) is 30.6 Å². The lowest BCUT2D eigenvalue weighted by Crippen LogP contribution is -2.33. The van der Waals surface area contributed by atoms with E-state index in [0.717, 1.165) is 15.8 Å². The van der Waals surface area contributed by atoms with Gasteiger partial charge in [0, 0.05) is 65.9 Å². The predicted octanol–water partition coefficient (Wildman–Crippen LogP) is 6.30. The Bertz CT molecular complexity index is 1970. The molecule has 0 saturated carbocycles. The number of hydrogen-bond donors (Lipinski definition) is 0. The van der Waals surface area contributed by atoms with Gasteiger partial charge in [0.2, 0.25) is 12.7 Å². The second-order valence-corrected chi connectivity index (χ2v) is 14.2. The summed E-state index contributed by atoms with van der Waals surface area (Å²) >= 11 is 0. The van der Waals surface area contributed by atoms with Gasteiger partial charge in [0.25, 0.3) is 5.56 Å². The molecule has 4 heterocycles. The van der Waals surface area contributed by atoms with Crippen LogP contribution in [0.25, 0.3) is 32.6 Å². The van der Waals surface area contributed by atoms with E-state index in [1.54, 1.807) is 70.8 Å². The molecular formula is C33H34N4O6S2. The first-order valence-electron chi connectivity index (χ1n) is 14.5. The third-order valence-corrected chi connectivity index (χ3v) is 11.2. The lowest BCUT2D eigenvalue weighted by molar-refractivity contribution is -0.130. The number of carbonyl (C=O) groups is 1. The molecule has 0 bridgehead atoms. The number of amides is 1. The largest absolute Gasteiger partial charge is 0.493 e. The summed E-state index contributed by atoms with van der Waals surface area (Å²) in [6, 6.07) is 13.0. The van der Waals surface area contributed by atoms with Crippen molar-refractivity contribution >= 4 is 60.1 Å². The lowest BCUT2D eigenvalue weighted by Gasteiger charge is -2.25. The predicted molar refractivity (Wildman–Crippen MR) is 179 cm³/mol. The number of fused-ring (bicyclic) bond motifs is 6. The van der Waals surface area contributed by atoms with Crippen LogP contribution in [0, 0.1) is 0 Å². The summed E-state index contributed by atoms with van der Waals surface area (Å²) in [5.74, 6) is 2.20. The minimum Gasteiger partial charge on any atom is -0.493 e. The van der Waals surface area contributed by atoms with Crippen LogP contribution in [-0.4, -0.2) is 64.7 Å². The van der Waals surface area contributed by atoms with Crippen LogP contribution < -0.4 is 24.5 Å². The standard InChI is InChI=1S/C33H34N4O6S2/c1-33(2,45-44-29-8-6-7-11-34-29)10-9-30(38)36(3)12-13-37-31-22-16-27-28(43-19-42-27)17-24(22)35-18-23(31)20-14-25(40-4)26(41-5)15-21(20)32(37)39/h6-8,11,14-18H,9-10,12-13,19H2,1-5H3. The molecule has 0 atom stereocenters. The third kappa shape index (κ3) is 6.21. The van der Waals surface area contributed by atoms with Gasteiger partial charge in [0.15, 0.2) is 23.0 Å². The summed E-state index contributed by atoms with van der Waals surface area (Å²) < 4.78 is 23.9. The van der Waals surface area contributed by atoms with E-state index in [1.165, 1.54) is 0 Å². The maximum absolute atomic E-state index is 14.2. The Morgan fingerprint density at radius 2 is 1.73 bits per heavy atom. The van der Waals surface area contributed by atoms with Crippen molar-refractivity contribution in [3.8, 4) is 23.0 Å². The Morgan fingerprint density at radius 1 is 1.00 bits per heavy atom. The molecule has 0 unspecified atom stereocenters. The van der Waals surface area contributed by atoms with Gasteiger partial charge < -0.3 is 28.4 Å². The molecule has 0 aliphatic carbocycles. The Kier molecular flexibility index (Phi) is 8.69. The van der Waals surface area contributed by atoms with E-state index in [1.807, 2.05) is 36.4 Å². The fourth-order valence-corrected chi connectivity index (χ4v) is 7.58. The van der Waals surface area contributed by atoms with E-state index in [2.05, 4.69) is 18.8 Å². The van der Waals surface area contributed by atoms with Crippen molar-refractivity contribution in [2.24, 2.45) is 0 Å². The van der Waals surface area contributed by atoms with E-state index in [-0.39, 0.29) is 29.6 Å². The van der Waals surface area contributed by atoms with Crippen molar-refractivity contribution in [3.05, 3.63) is 65.2 Å². The number of methoxy groups -OCH3 is 2. The number of hydrogen-bond acceptors (Lipinski definition) is 10. The molecule has 10 nitrogen and oxygen atoms in total. The number of likely N-dealkylation sites (N-methyl/N-ethyl adjacent to an activating group) is 1. The highest BCUT2D eigenvalue weighted by molar-refractivity contribution is 8.77. The van der Waals surface area contributed by atoms with Gasteiger partial charge in [-0.15, -0.1) is 0 Å². The van der Waals surface area contributed by atoms with Crippen molar-refractivity contribution in [1.29, 1.82) is 0 Å². The molecule has 3 aromatic heterocycles. The first-order valence-corrected chi connectivity index (χ1v) is 16.7. The maximum atomic E-state index is 14.2. The molecule has 45 heavy (non-hydrogen) atoms. The van der Waals surface area contributed by atoms with Crippen molar-refractivity contribution in [2.45, 2.75) is 43.0 Å². The highest BCUT2D eigenvalue weighted by Crippen LogP contribution is 2.43. The minimum atomic E-state index is -0.200. The Balaban J connectivity index is 1.30. The molecule has 5 aromatic rings. The first kappa shape index (κ1) is 30.8. The summed E-state index contributed by atoms with van der Waals surface area (Å²) in [6.07, 6.45) is 4.63. The van der Waals surface area contributed by atoms with Crippen LogP contribution >= 0.6 is 21.6 Å². The van der Waals surface area contributed by atoms with E-state index < -0.39 is 0 Å². The van der Waals surface area contributed by atoms with Gasteiger partial charge in [-0.25, -0.2) is 4.98 Å². The van der Waals surface area contributed by atoms with Gasteiger partial charge in [-0.2, -0.15) is 0 Å². The summed E-state index contributed by atoms with van der Waals surface area (Å²) in [5, 5.41) is 3.64. The smallest absolute Gasteiger partial charge is 0.259 e. The summed E-state index contributed by atoms with van der Waals surface area (Å²) in [4.78, 5) is 38.3. The van der Waals surface area contributed by atoms with E-state index in [9.17, 15) is 9.59 Å². The molecule has 1 aliphatic heterocycles. The van der Waals surface area contributed by atoms with Crippen LogP contribution in [0.2, 0.25) is 0 Å². The van der Waals surface area contributed by atoms with Crippen LogP contribution in [0.4, 0.5) is 0 Å². The van der Waals surface area contributed by atoms with Crippen LogP contribution in [-0.2, 0) is 11.3 Å². The third-order valence-electron chi connectivity index (χ3n) is 7.91. The first-order chi connectivity index (χ1) is 21.7. The van der Waals surface area contributed by atoms with E-state index in [4.69, 9.17) is 23.9 Å². The normalized spacial score (nSPS) is 12.6. The molecule has 12 heteroatoms. The van der Waals surface area contributed by atoms with Crippen LogP contribution in [0.1, 0.15) is 26.7 Å². The zero-order valence-electron chi connectivity index (χ0n) is 25.8. The topological polar surface area (TPSA) is 105 Å². The van der Waals surface area contributed by atoms with Crippen molar-refractivity contribution in [1.82, 2.24) is 19.4 Å². The molecule has 0 saturated heterocycles. The highest BCUT2D eigenvalue weighted by Gasteiger charge is 2.24. The lowest BCUT2D eigenvalue weighted by atomic mass is 10.0. The van der Waals surface area contributed by atoms with Crippen LogP contribution in [0.15, 0.2) is 64.7 Å². The molecule has 2 aromatic carbocycles. The van der Waals surface area contributed by atoms with Gasteiger partial charge in [0.1, 0.15) is 5.03 Å². The van der Waals surface area contributed by atoms with Gasteiger partial charge >= 0.3 is 0 Å².